The molecule has 178 valence electrons. The van der Waals surface area contributed by atoms with Crippen molar-refractivity contribution in [2.24, 2.45) is 5.92 Å². The molecule has 1 aliphatic heterocycles. The highest BCUT2D eigenvalue weighted by molar-refractivity contribution is 9.10. The summed E-state index contributed by atoms with van der Waals surface area (Å²) in [6, 6.07) is 25.4. The number of rotatable bonds is 1. The van der Waals surface area contributed by atoms with Gasteiger partial charge in [0.05, 0.1) is 0 Å². The third kappa shape index (κ3) is 3.94. The van der Waals surface area contributed by atoms with E-state index in [9.17, 15) is 14.1 Å². The molecular formula is C29H25BrO4S. The van der Waals surface area contributed by atoms with Crippen molar-refractivity contribution in [2.75, 3.05) is 12.5 Å². The lowest BCUT2D eigenvalue weighted by molar-refractivity contribution is -0.181. The van der Waals surface area contributed by atoms with E-state index in [0.717, 1.165) is 31.9 Å². The van der Waals surface area contributed by atoms with Gasteiger partial charge in [-0.3, -0.25) is 9.00 Å². The van der Waals surface area contributed by atoms with Gasteiger partial charge in [0, 0.05) is 50.4 Å². The first-order valence-electron chi connectivity index (χ1n) is 11.3. The number of hydrogen-bond acceptors (Lipinski definition) is 4. The highest BCUT2D eigenvalue weighted by Gasteiger charge is 2.60. The summed E-state index contributed by atoms with van der Waals surface area (Å²) in [6.07, 6.45) is 3.28. The fraction of sp³-hybridized carbons (Fsp3) is 0.207. The van der Waals surface area contributed by atoms with Crippen LogP contribution in [-0.4, -0.2) is 27.6 Å². The quantitative estimate of drug-likeness (QED) is 0.312. The molecule has 4 nitrogen and oxygen atoms in total. The van der Waals surface area contributed by atoms with Crippen LogP contribution in [0, 0.1) is 12.8 Å². The molecule has 1 N–H and O–H groups in total. The molecule has 3 atom stereocenters. The molecule has 1 heterocycles. The molecule has 0 saturated carbocycles. The Morgan fingerprint density at radius 3 is 2.37 bits per heavy atom. The second-order valence-electron chi connectivity index (χ2n) is 9.10. The highest BCUT2D eigenvalue weighted by Crippen LogP contribution is 2.58. The molecule has 0 unspecified atom stereocenters. The molecule has 0 bridgehead atoms. The maximum atomic E-state index is 13.7. The normalized spacial score (nSPS) is 22.1. The van der Waals surface area contributed by atoms with Crippen LogP contribution in [0.25, 0.3) is 10.8 Å². The molecule has 0 spiro atoms. The first kappa shape index (κ1) is 23.9. The van der Waals surface area contributed by atoms with Gasteiger partial charge in [-0.25, -0.2) is 0 Å². The molecule has 6 rings (SSSR count). The number of halogens is 1. The van der Waals surface area contributed by atoms with Crippen molar-refractivity contribution >= 4 is 43.3 Å². The lowest BCUT2D eigenvalue weighted by atomic mass is 9.71. The van der Waals surface area contributed by atoms with Crippen molar-refractivity contribution in [3.63, 3.8) is 0 Å². The fourth-order valence-corrected chi connectivity index (χ4v) is 5.69. The first-order chi connectivity index (χ1) is 16.7. The van der Waals surface area contributed by atoms with Crippen LogP contribution >= 0.6 is 15.9 Å². The maximum absolute atomic E-state index is 13.7. The Hall–Kier alpha value is -2.80. The topological polar surface area (TPSA) is 63.6 Å². The molecule has 0 saturated heterocycles. The lowest BCUT2D eigenvalue weighted by Gasteiger charge is -2.42. The number of carbonyl (C=O) groups is 1. The van der Waals surface area contributed by atoms with Gasteiger partial charge < -0.3 is 9.84 Å². The Bertz CT molecular complexity index is 1490. The molecule has 0 aromatic heterocycles. The Morgan fingerprint density at radius 1 is 0.971 bits per heavy atom. The summed E-state index contributed by atoms with van der Waals surface area (Å²) < 4.78 is 16.8. The average molecular weight is 549 g/mol. The van der Waals surface area contributed by atoms with E-state index in [-0.39, 0.29) is 11.7 Å². The van der Waals surface area contributed by atoms with Gasteiger partial charge >= 0.3 is 0 Å². The Balaban J connectivity index is 0.000000591. The van der Waals surface area contributed by atoms with Crippen LogP contribution in [0.5, 0.6) is 5.75 Å². The molecule has 6 heteroatoms. The number of ketones is 1. The van der Waals surface area contributed by atoms with E-state index in [1.165, 1.54) is 0 Å². The van der Waals surface area contributed by atoms with Crippen LogP contribution in [0.4, 0.5) is 0 Å². The number of benzene rings is 4. The van der Waals surface area contributed by atoms with Crippen LogP contribution in [0.3, 0.4) is 0 Å². The molecule has 0 radical (unpaired) electrons. The highest BCUT2D eigenvalue weighted by atomic mass is 79.9. The molecule has 0 amide bonds. The summed E-state index contributed by atoms with van der Waals surface area (Å²) in [4.78, 5) is 13.7. The predicted molar refractivity (Wildman–Crippen MR) is 143 cm³/mol. The number of ether oxygens (including phenoxy) is 1. The van der Waals surface area contributed by atoms with Crippen LogP contribution in [0.1, 0.15) is 38.5 Å². The number of aryl methyl sites for hydroxylation is 1. The van der Waals surface area contributed by atoms with Crippen molar-refractivity contribution in [2.45, 2.75) is 18.6 Å². The molecular weight excluding hydrogens is 524 g/mol. The van der Waals surface area contributed by atoms with Gasteiger partial charge in [-0.05, 0) is 47.0 Å². The Kier molecular flexibility index (Phi) is 6.16. The summed E-state index contributed by atoms with van der Waals surface area (Å²) in [5.74, 6) is -2.27. The van der Waals surface area contributed by atoms with E-state index >= 15 is 0 Å². The average Bonchev–Trinajstić information content (AvgIpc) is 3.04. The summed E-state index contributed by atoms with van der Waals surface area (Å²) in [7, 11) is -0.611. The van der Waals surface area contributed by atoms with Gasteiger partial charge in [-0.1, -0.05) is 76.6 Å². The zero-order chi connectivity index (χ0) is 24.9. The molecule has 1 aliphatic carbocycles. The zero-order valence-electron chi connectivity index (χ0n) is 19.6. The van der Waals surface area contributed by atoms with Crippen LogP contribution in [-0.2, 0) is 16.6 Å². The summed E-state index contributed by atoms with van der Waals surface area (Å²) >= 11 is 3.60. The van der Waals surface area contributed by atoms with E-state index in [4.69, 9.17) is 4.74 Å². The standard InChI is InChI=1S/C27H19BrO3.C2H6OS/c1-15-6-2-3-7-18(15)24-23-20-14-17(28)12-10-16(20)11-13-22(23)31-27(30)21-9-5-4-8-19(21)26(29)25(24)27;1-4(2)3/h2-14,24-25,30H,1H3;1-2H3/t24-,25-,27+;/m1./s1. The van der Waals surface area contributed by atoms with Crippen LogP contribution < -0.4 is 4.74 Å². The SMILES string of the molecule is CS(C)=O.Cc1ccccc1[C@@H]1c2c(ccc3ccc(Br)cc23)O[C@@]2(O)c3ccccc3C(=O)[C@@H]12. The Morgan fingerprint density at radius 2 is 1.63 bits per heavy atom. The number of carbonyl (C=O) groups excluding carboxylic acids is 1. The zero-order valence-corrected chi connectivity index (χ0v) is 22.0. The largest absolute Gasteiger partial charge is 0.457 e. The second kappa shape index (κ2) is 9.01. The molecule has 35 heavy (non-hydrogen) atoms. The minimum Gasteiger partial charge on any atom is -0.457 e. The van der Waals surface area contributed by atoms with Gasteiger partial charge in [0.15, 0.2) is 5.78 Å². The third-order valence-corrected chi connectivity index (χ3v) is 7.19. The maximum Gasteiger partial charge on any atom is 0.246 e. The summed E-state index contributed by atoms with van der Waals surface area (Å²) in [5, 5.41) is 14.0. The van der Waals surface area contributed by atoms with E-state index in [1.807, 2.05) is 42.5 Å². The minimum atomic E-state index is -1.70. The van der Waals surface area contributed by atoms with E-state index in [2.05, 4.69) is 47.1 Å². The minimum absolute atomic E-state index is 0.0796. The van der Waals surface area contributed by atoms with E-state index in [1.54, 1.807) is 24.6 Å². The van der Waals surface area contributed by atoms with Gasteiger partial charge in [0.25, 0.3) is 0 Å². The van der Waals surface area contributed by atoms with Crippen LogP contribution in [0.15, 0.2) is 83.3 Å². The van der Waals surface area contributed by atoms with Gasteiger partial charge in [0.1, 0.15) is 11.7 Å². The van der Waals surface area contributed by atoms with Crippen molar-refractivity contribution in [1.82, 2.24) is 0 Å². The van der Waals surface area contributed by atoms with Crippen LogP contribution in [0.2, 0.25) is 0 Å². The number of hydrogen-bond donors (Lipinski definition) is 1. The van der Waals surface area contributed by atoms with Gasteiger partial charge in [-0.15, -0.1) is 0 Å². The molecule has 4 aromatic rings. The number of aliphatic hydroxyl groups is 1. The van der Waals surface area contributed by atoms with Gasteiger partial charge in [-0.2, -0.15) is 0 Å². The van der Waals surface area contributed by atoms with E-state index in [0.29, 0.717) is 16.9 Å². The Labute approximate surface area is 215 Å². The fourth-order valence-electron chi connectivity index (χ4n) is 5.33. The van der Waals surface area contributed by atoms with Crippen molar-refractivity contribution < 1.29 is 18.8 Å². The molecule has 0 fully saturated rings. The van der Waals surface area contributed by atoms with Crippen molar-refractivity contribution in [1.29, 1.82) is 0 Å². The smallest absolute Gasteiger partial charge is 0.246 e. The lowest BCUT2D eigenvalue weighted by Crippen LogP contribution is -2.46. The van der Waals surface area contributed by atoms with Crippen molar-refractivity contribution in [3.05, 3.63) is 111 Å². The van der Waals surface area contributed by atoms with Crippen molar-refractivity contribution in [3.8, 4) is 5.75 Å². The summed E-state index contributed by atoms with van der Waals surface area (Å²) in [6.45, 7) is 2.05. The van der Waals surface area contributed by atoms with Gasteiger partial charge in [0.2, 0.25) is 5.79 Å². The monoisotopic (exact) mass is 548 g/mol. The number of Topliss-reactive ketones (excluding diaryl/α,β-unsaturated/α-hetero) is 1. The predicted octanol–water partition coefficient (Wildman–Crippen LogP) is 6.09. The molecule has 2 aliphatic rings. The summed E-state index contributed by atoms with van der Waals surface area (Å²) in [5.41, 5.74) is 4.14. The third-order valence-electron chi connectivity index (χ3n) is 6.70. The van der Waals surface area contributed by atoms with E-state index < -0.39 is 22.5 Å². The second-order valence-corrected chi connectivity index (χ2v) is 11.5. The molecule has 4 aromatic carbocycles. The first-order valence-corrected chi connectivity index (χ1v) is 14.1. The number of fused-ring (bicyclic) bond motifs is 6.